The number of nitrogens with zero attached hydrogens (tertiary/aromatic N) is 1. The number of aliphatic hydroxyl groups excluding tert-OH is 1. The summed E-state index contributed by atoms with van der Waals surface area (Å²) >= 11 is 0. The first-order valence-electron chi connectivity index (χ1n) is 10.7. The van der Waals surface area contributed by atoms with Crippen molar-refractivity contribution in [3.8, 4) is 0 Å². The SMILES string of the molecule is C=C/C=C\C(CN(C)Cc1c(C)c(/C=C\CC)c(CO)c2ccccc12)=C(/C)B(O)O. The molecule has 3 N–H and O–H groups in total. The average molecular weight is 419 g/mol. The maximum absolute atomic E-state index is 10.1. The Morgan fingerprint density at radius 2 is 1.81 bits per heavy atom. The van der Waals surface area contributed by atoms with E-state index in [0.29, 0.717) is 18.6 Å². The number of rotatable bonds is 10. The molecule has 164 valence electrons. The van der Waals surface area contributed by atoms with Crippen LogP contribution in [0.3, 0.4) is 0 Å². The molecule has 31 heavy (non-hydrogen) atoms. The molecule has 0 unspecified atom stereocenters. The van der Waals surface area contributed by atoms with E-state index in [-0.39, 0.29) is 6.61 Å². The third-order valence-corrected chi connectivity index (χ3v) is 5.63. The first-order chi connectivity index (χ1) is 14.8. The molecule has 0 aliphatic rings. The van der Waals surface area contributed by atoms with E-state index in [4.69, 9.17) is 0 Å². The van der Waals surface area contributed by atoms with Crippen molar-refractivity contribution in [1.29, 1.82) is 0 Å². The number of fused-ring (bicyclic) bond motifs is 1. The molecule has 0 heterocycles. The van der Waals surface area contributed by atoms with Gasteiger partial charge in [-0.1, -0.05) is 68.1 Å². The number of benzene rings is 2. The molecule has 0 aliphatic heterocycles. The highest BCUT2D eigenvalue weighted by Crippen LogP contribution is 2.32. The van der Waals surface area contributed by atoms with E-state index >= 15 is 0 Å². The number of aliphatic hydroxyl groups is 1. The van der Waals surface area contributed by atoms with Gasteiger partial charge in [0.05, 0.1) is 6.61 Å². The smallest absolute Gasteiger partial charge is 0.423 e. The quantitative estimate of drug-likeness (QED) is 0.390. The van der Waals surface area contributed by atoms with Crippen LogP contribution in [0.4, 0.5) is 0 Å². The molecule has 0 fully saturated rings. The third kappa shape index (κ3) is 6.05. The number of likely N-dealkylation sites (N-methyl/N-ethyl adjacent to an activating group) is 1. The lowest BCUT2D eigenvalue weighted by Crippen LogP contribution is -2.24. The fourth-order valence-electron chi connectivity index (χ4n) is 3.86. The summed E-state index contributed by atoms with van der Waals surface area (Å²) in [6.07, 6.45) is 10.5. The zero-order valence-electron chi connectivity index (χ0n) is 19.1. The lowest BCUT2D eigenvalue weighted by atomic mass is 9.77. The molecule has 0 spiro atoms. The van der Waals surface area contributed by atoms with Crippen LogP contribution in [0.1, 0.15) is 42.5 Å². The summed E-state index contributed by atoms with van der Waals surface area (Å²) in [5.41, 5.74) is 5.77. The molecule has 0 aliphatic carbocycles. The second-order valence-corrected chi connectivity index (χ2v) is 7.86. The molecular weight excluding hydrogens is 385 g/mol. The van der Waals surface area contributed by atoms with E-state index < -0.39 is 7.12 Å². The number of hydrogen-bond donors (Lipinski definition) is 3. The topological polar surface area (TPSA) is 63.9 Å². The van der Waals surface area contributed by atoms with Crippen LogP contribution in [0.2, 0.25) is 0 Å². The van der Waals surface area contributed by atoms with E-state index in [1.54, 1.807) is 19.1 Å². The minimum absolute atomic E-state index is 0.00627. The number of allylic oxidation sites excluding steroid dienone is 4. The van der Waals surface area contributed by atoms with Crippen LogP contribution in [-0.2, 0) is 13.2 Å². The molecule has 5 heteroatoms. The molecule has 0 atom stereocenters. The summed E-state index contributed by atoms with van der Waals surface area (Å²) < 4.78 is 0. The Kier molecular flexibility index (Phi) is 9.47. The van der Waals surface area contributed by atoms with Crippen LogP contribution in [-0.4, -0.2) is 40.8 Å². The van der Waals surface area contributed by atoms with Gasteiger partial charge in [-0.15, -0.1) is 0 Å². The molecule has 0 radical (unpaired) electrons. The predicted octanol–water partition coefficient (Wildman–Crippen LogP) is 4.57. The van der Waals surface area contributed by atoms with Gasteiger partial charge in [0.15, 0.2) is 0 Å². The molecule has 0 saturated carbocycles. The van der Waals surface area contributed by atoms with Gasteiger partial charge in [0, 0.05) is 13.1 Å². The van der Waals surface area contributed by atoms with Crippen molar-refractivity contribution in [3.05, 3.63) is 88.4 Å². The maximum atomic E-state index is 10.1. The summed E-state index contributed by atoms with van der Waals surface area (Å²) in [6.45, 7) is 10.9. The standard InChI is InChI=1S/C26H34BNO3/c1-6-8-12-21(20(4)27(30)31)16-28(5)17-25-19(3)22(13-9-7-2)26(18-29)24-15-11-10-14-23(24)25/h6,8-15,29-31H,1,7,16-18H2,2-5H3/b12-8-,13-9-,21-20-. The molecule has 0 amide bonds. The van der Waals surface area contributed by atoms with Crippen molar-refractivity contribution in [2.24, 2.45) is 0 Å². The minimum atomic E-state index is -1.49. The van der Waals surface area contributed by atoms with Crippen LogP contribution in [0, 0.1) is 6.92 Å². The monoisotopic (exact) mass is 419 g/mol. The number of hydrogen-bond acceptors (Lipinski definition) is 4. The van der Waals surface area contributed by atoms with Gasteiger partial charge in [0.2, 0.25) is 0 Å². The van der Waals surface area contributed by atoms with E-state index in [0.717, 1.165) is 39.5 Å². The van der Waals surface area contributed by atoms with Gasteiger partial charge < -0.3 is 15.2 Å². The summed E-state index contributed by atoms with van der Waals surface area (Å²) in [4.78, 5) is 2.16. The molecule has 0 bridgehead atoms. The highest BCUT2D eigenvalue weighted by atomic mass is 16.4. The zero-order chi connectivity index (χ0) is 23.0. The summed E-state index contributed by atoms with van der Waals surface area (Å²) in [5.74, 6) is 0. The van der Waals surface area contributed by atoms with Crippen molar-refractivity contribution in [1.82, 2.24) is 4.90 Å². The Balaban J connectivity index is 2.54. The van der Waals surface area contributed by atoms with Gasteiger partial charge >= 0.3 is 7.12 Å². The Morgan fingerprint density at radius 1 is 1.16 bits per heavy atom. The first-order valence-corrected chi connectivity index (χ1v) is 10.7. The highest BCUT2D eigenvalue weighted by Gasteiger charge is 2.18. The summed E-state index contributed by atoms with van der Waals surface area (Å²) in [7, 11) is 0.532. The van der Waals surface area contributed by atoms with Gasteiger partial charge in [0.1, 0.15) is 0 Å². The second kappa shape index (κ2) is 11.8. The fraction of sp³-hybridized carbons (Fsp3) is 0.308. The summed E-state index contributed by atoms with van der Waals surface area (Å²) in [6, 6.07) is 8.20. The van der Waals surface area contributed by atoms with Crippen LogP contribution in [0.25, 0.3) is 16.8 Å². The molecule has 0 aromatic heterocycles. The van der Waals surface area contributed by atoms with Crippen LogP contribution in [0.5, 0.6) is 0 Å². The zero-order valence-corrected chi connectivity index (χ0v) is 19.1. The fourth-order valence-corrected chi connectivity index (χ4v) is 3.86. The van der Waals surface area contributed by atoms with E-state index in [1.807, 2.05) is 25.3 Å². The van der Waals surface area contributed by atoms with Crippen molar-refractivity contribution >= 4 is 24.0 Å². The van der Waals surface area contributed by atoms with Crippen molar-refractivity contribution < 1.29 is 15.2 Å². The van der Waals surface area contributed by atoms with Crippen molar-refractivity contribution in [3.63, 3.8) is 0 Å². The van der Waals surface area contributed by atoms with E-state index in [2.05, 4.69) is 49.6 Å². The predicted molar refractivity (Wildman–Crippen MR) is 132 cm³/mol. The Bertz CT molecular complexity index is 1010. The molecule has 2 rings (SSSR count). The van der Waals surface area contributed by atoms with Gasteiger partial charge in [-0.2, -0.15) is 0 Å². The Hall–Kier alpha value is -2.44. The van der Waals surface area contributed by atoms with Gasteiger partial charge in [0.25, 0.3) is 0 Å². The Labute approximate surface area is 186 Å². The van der Waals surface area contributed by atoms with Gasteiger partial charge in [-0.25, -0.2) is 0 Å². The lowest BCUT2D eigenvalue weighted by Gasteiger charge is -2.24. The average Bonchev–Trinajstić information content (AvgIpc) is 2.76. The molecule has 2 aromatic carbocycles. The highest BCUT2D eigenvalue weighted by molar-refractivity contribution is 6.50. The maximum Gasteiger partial charge on any atom is 0.484 e. The van der Waals surface area contributed by atoms with Crippen molar-refractivity contribution in [2.45, 2.75) is 40.3 Å². The molecule has 2 aromatic rings. The molecular formula is C26H34BNO3. The third-order valence-electron chi connectivity index (χ3n) is 5.63. The van der Waals surface area contributed by atoms with Crippen molar-refractivity contribution in [2.75, 3.05) is 13.6 Å². The largest absolute Gasteiger partial charge is 0.484 e. The van der Waals surface area contributed by atoms with Crippen LogP contribution >= 0.6 is 0 Å². The van der Waals surface area contributed by atoms with Gasteiger partial charge in [-0.05, 0) is 71.4 Å². The molecule has 0 saturated heterocycles. The second-order valence-electron chi connectivity index (χ2n) is 7.86. The Morgan fingerprint density at radius 3 is 2.35 bits per heavy atom. The van der Waals surface area contributed by atoms with Gasteiger partial charge in [-0.3, -0.25) is 4.90 Å². The minimum Gasteiger partial charge on any atom is -0.423 e. The first kappa shape index (κ1) is 24.8. The summed E-state index contributed by atoms with van der Waals surface area (Å²) in [5, 5.41) is 31.6. The van der Waals surface area contributed by atoms with E-state index in [9.17, 15) is 15.2 Å². The van der Waals surface area contributed by atoms with Crippen LogP contribution < -0.4 is 0 Å². The lowest BCUT2D eigenvalue weighted by molar-refractivity contribution is 0.283. The van der Waals surface area contributed by atoms with E-state index in [1.165, 1.54) is 5.56 Å². The molecule has 4 nitrogen and oxygen atoms in total. The van der Waals surface area contributed by atoms with Crippen LogP contribution in [0.15, 0.2) is 66.2 Å². The normalized spacial score (nSPS) is 12.9.